The Bertz CT molecular complexity index is 542. The molecule has 7 heteroatoms. The van der Waals surface area contributed by atoms with E-state index in [0.29, 0.717) is 11.6 Å². The lowest BCUT2D eigenvalue weighted by atomic mass is 10.2. The molecular formula is C17H28N4O2S. The summed E-state index contributed by atoms with van der Waals surface area (Å²) in [5.41, 5.74) is 0. The van der Waals surface area contributed by atoms with Gasteiger partial charge in [0.15, 0.2) is 5.82 Å². The van der Waals surface area contributed by atoms with Crippen molar-refractivity contribution in [2.75, 3.05) is 37.7 Å². The predicted molar refractivity (Wildman–Crippen MR) is 95.1 cm³/mol. The van der Waals surface area contributed by atoms with E-state index in [0.717, 1.165) is 37.5 Å². The summed E-state index contributed by atoms with van der Waals surface area (Å²) in [4.78, 5) is 21.5. The van der Waals surface area contributed by atoms with Gasteiger partial charge in [-0.2, -0.15) is 16.7 Å². The van der Waals surface area contributed by atoms with E-state index < -0.39 is 0 Å². The maximum absolute atomic E-state index is 12.6. The normalized spacial score (nSPS) is 22.0. The zero-order chi connectivity index (χ0) is 16.9. The van der Waals surface area contributed by atoms with Crippen LogP contribution in [0.2, 0.25) is 0 Å². The minimum Gasteiger partial charge on any atom is -0.337 e. The van der Waals surface area contributed by atoms with Gasteiger partial charge in [-0.15, -0.1) is 0 Å². The largest absolute Gasteiger partial charge is 0.337 e. The number of rotatable bonds is 7. The fourth-order valence-electron chi connectivity index (χ4n) is 3.38. The molecule has 0 aliphatic carbocycles. The molecule has 2 aliphatic heterocycles. The van der Waals surface area contributed by atoms with Crippen LogP contribution in [0.3, 0.4) is 0 Å². The monoisotopic (exact) mass is 352 g/mol. The number of hydrogen-bond donors (Lipinski definition) is 0. The second-order valence-electron chi connectivity index (χ2n) is 6.99. The zero-order valence-corrected chi connectivity index (χ0v) is 15.6. The smallest absolute Gasteiger partial charge is 0.249 e. The van der Waals surface area contributed by atoms with Crippen LogP contribution in [0.5, 0.6) is 0 Å². The molecule has 0 aromatic carbocycles. The first-order valence-electron chi connectivity index (χ1n) is 9.08. The van der Waals surface area contributed by atoms with Gasteiger partial charge in [-0.05, 0) is 38.8 Å². The van der Waals surface area contributed by atoms with Crippen LogP contribution in [0.15, 0.2) is 4.52 Å². The molecule has 3 rings (SSSR count). The summed E-state index contributed by atoms with van der Waals surface area (Å²) in [6.45, 7) is 8.43. The molecule has 0 radical (unpaired) electrons. The van der Waals surface area contributed by atoms with Crippen LogP contribution in [0.4, 0.5) is 0 Å². The molecule has 0 unspecified atom stereocenters. The fourth-order valence-corrected chi connectivity index (χ4v) is 4.25. The molecule has 2 aliphatic rings. The van der Waals surface area contributed by atoms with E-state index >= 15 is 0 Å². The third-order valence-electron chi connectivity index (χ3n) is 4.81. The molecule has 6 nitrogen and oxygen atoms in total. The standard InChI is InChI=1S/C17H28N4O2S/c1-13(2)16-18-17(23-19-16)14-6-5-9-21(14)15(22)12-24-11-10-20-7-3-4-8-20/h13-14H,3-12H2,1-2H3/t14-/m1/s1. The molecular weight excluding hydrogens is 324 g/mol. The number of hydrogen-bond acceptors (Lipinski definition) is 6. The summed E-state index contributed by atoms with van der Waals surface area (Å²) < 4.78 is 5.41. The number of aromatic nitrogens is 2. The molecule has 1 aromatic heterocycles. The van der Waals surface area contributed by atoms with E-state index in [2.05, 4.69) is 15.0 Å². The SMILES string of the molecule is CC(C)c1noc([C@H]2CCCN2C(=O)CSCCN2CCCC2)n1. The Morgan fingerprint density at radius 3 is 2.79 bits per heavy atom. The van der Waals surface area contributed by atoms with Gasteiger partial charge in [0.1, 0.15) is 6.04 Å². The van der Waals surface area contributed by atoms with Crippen LogP contribution in [0.1, 0.15) is 63.2 Å². The molecule has 3 heterocycles. The maximum atomic E-state index is 12.6. The van der Waals surface area contributed by atoms with Crippen molar-refractivity contribution >= 4 is 17.7 Å². The number of thioether (sulfide) groups is 1. The Hall–Kier alpha value is -1.08. The second kappa shape index (κ2) is 8.34. The summed E-state index contributed by atoms with van der Waals surface area (Å²) in [5, 5.41) is 4.04. The third kappa shape index (κ3) is 4.30. The average molecular weight is 353 g/mol. The molecule has 1 amide bonds. The van der Waals surface area contributed by atoms with Crippen LogP contribution in [0.25, 0.3) is 0 Å². The van der Waals surface area contributed by atoms with E-state index in [1.54, 1.807) is 11.8 Å². The quantitative estimate of drug-likeness (QED) is 0.703. The first-order valence-corrected chi connectivity index (χ1v) is 10.2. The molecule has 0 spiro atoms. The Labute approximate surface area is 148 Å². The zero-order valence-electron chi connectivity index (χ0n) is 14.7. The Morgan fingerprint density at radius 1 is 1.29 bits per heavy atom. The number of carbonyl (C=O) groups excluding carboxylic acids is 1. The van der Waals surface area contributed by atoms with E-state index in [-0.39, 0.29) is 17.9 Å². The lowest BCUT2D eigenvalue weighted by molar-refractivity contribution is -0.129. The molecule has 24 heavy (non-hydrogen) atoms. The minimum absolute atomic E-state index is 0.0308. The van der Waals surface area contributed by atoms with Crippen LogP contribution in [0, 0.1) is 0 Å². The van der Waals surface area contributed by atoms with Gasteiger partial charge in [0.2, 0.25) is 11.8 Å². The summed E-state index contributed by atoms with van der Waals surface area (Å²) in [6, 6.07) is -0.0308. The average Bonchev–Trinajstić information content (AvgIpc) is 3.31. The van der Waals surface area contributed by atoms with Gasteiger partial charge in [0.25, 0.3) is 0 Å². The van der Waals surface area contributed by atoms with Crippen LogP contribution in [-0.4, -0.2) is 63.5 Å². The van der Waals surface area contributed by atoms with Gasteiger partial charge in [0, 0.05) is 24.8 Å². The first kappa shape index (κ1) is 17.7. The summed E-state index contributed by atoms with van der Waals surface area (Å²) >= 11 is 1.74. The Kier molecular flexibility index (Phi) is 6.16. The van der Waals surface area contributed by atoms with Crippen molar-refractivity contribution in [3.8, 4) is 0 Å². The van der Waals surface area contributed by atoms with Crippen LogP contribution < -0.4 is 0 Å². The number of likely N-dealkylation sites (tertiary alicyclic amines) is 2. The van der Waals surface area contributed by atoms with E-state index in [1.165, 1.54) is 25.9 Å². The van der Waals surface area contributed by atoms with Gasteiger partial charge in [0.05, 0.1) is 5.75 Å². The lowest BCUT2D eigenvalue weighted by Gasteiger charge is -2.22. The van der Waals surface area contributed by atoms with Gasteiger partial charge in [-0.25, -0.2) is 0 Å². The second-order valence-corrected chi connectivity index (χ2v) is 8.10. The van der Waals surface area contributed by atoms with Gasteiger partial charge in [-0.1, -0.05) is 19.0 Å². The molecule has 134 valence electrons. The predicted octanol–water partition coefficient (Wildman–Crippen LogP) is 2.69. The molecule has 2 fully saturated rings. The van der Waals surface area contributed by atoms with Crippen molar-refractivity contribution in [2.24, 2.45) is 0 Å². The molecule has 1 aromatic rings. The highest BCUT2D eigenvalue weighted by atomic mass is 32.2. The first-order chi connectivity index (χ1) is 11.6. The summed E-state index contributed by atoms with van der Waals surface area (Å²) in [7, 11) is 0. The van der Waals surface area contributed by atoms with Crippen molar-refractivity contribution in [3.63, 3.8) is 0 Å². The van der Waals surface area contributed by atoms with Crippen molar-refractivity contribution in [3.05, 3.63) is 11.7 Å². The Balaban J connectivity index is 1.47. The highest BCUT2D eigenvalue weighted by molar-refractivity contribution is 7.99. The van der Waals surface area contributed by atoms with Crippen molar-refractivity contribution in [1.29, 1.82) is 0 Å². The van der Waals surface area contributed by atoms with Crippen LogP contribution >= 0.6 is 11.8 Å². The van der Waals surface area contributed by atoms with Crippen molar-refractivity contribution < 1.29 is 9.32 Å². The van der Waals surface area contributed by atoms with E-state index in [4.69, 9.17) is 4.52 Å². The summed E-state index contributed by atoms with van der Waals surface area (Å²) in [6.07, 6.45) is 4.57. The fraction of sp³-hybridized carbons (Fsp3) is 0.824. The van der Waals surface area contributed by atoms with Gasteiger partial charge in [-0.3, -0.25) is 4.79 Å². The number of nitrogens with zero attached hydrogens (tertiary/aromatic N) is 4. The third-order valence-corrected chi connectivity index (χ3v) is 5.73. The maximum Gasteiger partial charge on any atom is 0.249 e. The molecule has 0 N–H and O–H groups in total. The topological polar surface area (TPSA) is 62.5 Å². The number of amides is 1. The van der Waals surface area contributed by atoms with Gasteiger partial charge >= 0.3 is 0 Å². The highest BCUT2D eigenvalue weighted by Crippen LogP contribution is 2.32. The van der Waals surface area contributed by atoms with Crippen LogP contribution in [-0.2, 0) is 4.79 Å². The van der Waals surface area contributed by atoms with Crippen molar-refractivity contribution in [2.45, 2.75) is 51.5 Å². The minimum atomic E-state index is -0.0308. The van der Waals surface area contributed by atoms with Crippen molar-refractivity contribution in [1.82, 2.24) is 19.9 Å². The summed E-state index contributed by atoms with van der Waals surface area (Å²) in [5.74, 6) is 3.36. The lowest BCUT2D eigenvalue weighted by Crippen LogP contribution is -2.32. The molecule has 0 saturated carbocycles. The molecule has 1 atom stereocenters. The number of carbonyl (C=O) groups is 1. The Morgan fingerprint density at radius 2 is 2.08 bits per heavy atom. The molecule has 0 bridgehead atoms. The van der Waals surface area contributed by atoms with Gasteiger partial charge < -0.3 is 14.3 Å². The van der Waals surface area contributed by atoms with E-state index in [9.17, 15) is 4.79 Å². The van der Waals surface area contributed by atoms with E-state index in [1.807, 2.05) is 18.7 Å². The highest BCUT2D eigenvalue weighted by Gasteiger charge is 2.34. The molecule has 2 saturated heterocycles.